The number of aryl methyl sites for hydroxylation is 1. The van der Waals surface area contributed by atoms with Gasteiger partial charge in [-0.1, -0.05) is 24.3 Å². The molecule has 1 heterocycles. The average Bonchev–Trinajstić information content (AvgIpc) is 2.36. The standard InChI is InChI=1S/C15H18N2O/c1-4-7-11(2)16-13-10-15(18)17(3)14-9-6-5-8-12(13)14/h4-6,8-11,16H,1,7H2,2-3H3. The van der Waals surface area contributed by atoms with Crippen LogP contribution in [-0.4, -0.2) is 10.6 Å². The summed E-state index contributed by atoms with van der Waals surface area (Å²) >= 11 is 0. The highest BCUT2D eigenvalue weighted by atomic mass is 16.1. The molecule has 0 amide bonds. The first-order chi connectivity index (χ1) is 8.63. The van der Waals surface area contributed by atoms with Crippen LogP contribution in [0, 0.1) is 0 Å². The molecule has 2 aromatic rings. The van der Waals surface area contributed by atoms with Crippen LogP contribution in [0.3, 0.4) is 0 Å². The van der Waals surface area contributed by atoms with Gasteiger partial charge in [0.15, 0.2) is 0 Å². The van der Waals surface area contributed by atoms with E-state index < -0.39 is 0 Å². The Labute approximate surface area is 107 Å². The topological polar surface area (TPSA) is 34.0 Å². The number of nitrogens with zero attached hydrogens (tertiary/aromatic N) is 1. The van der Waals surface area contributed by atoms with Crippen LogP contribution in [0.4, 0.5) is 5.69 Å². The third-order valence-corrected chi connectivity index (χ3v) is 3.08. The maximum Gasteiger partial charge on any atom is 0.252 e. The van der Waals surface area contributed by atoms with Crippen LogP contribution in [0.5, 0.6) is 0 Å². The first-order valence-electron chi connectivity index (χ1n) is 6.09. The Morgan fingerprint density at radius 3 is 2.89 bits per heavy atom. The van der Waals surface area contributed by atoms with E-state index in [2.05, 4.69) is 18.8 Å². The summed E-state index contributed by atoms with van der Waals surface area (Å²) in [7, 11) is 1.79. The molecule has 18 heavy (non-hydrogen) atoms. The molecule has 0 radical (unpaired) electrons. The van der Waals surface area contributed by atoms with Gasteiger partial charge in [-0.15, -0.1) is 6.58 Å². The number of fused-ring (bicyclic) bond motifs is 1. The van der Waals surface area contributed by atoms with E-state index in [1.54, 1.807) is 17.7 Å². The summed E-state index contributed by atoms with van der Waals surface area (Å²) in [6.45, 7) is 5.81. The molecule has 0 aliphatic heterocycles. The van der Waals surface area contributed by atoms with Crippen molar-refractivity contribution in [3.63, 3.8) is 0 Å². The number of para-hydroxylation sites is 1. The SMILES string of the molecule is C=CCC(C)Nc1cc(=O)n(C)c2ccccc12. The number of nitrogens with one attached hydrogen (secondary N) is 1. The normalized spacial score (nSPS) is 12.3. The van der Waals surface area contributed by atoms with E-state index in [1.807, 2.05) is 30.3 Å². The lowest BCUT2D eigenvalue weighted by Crippen LogP contribution is -2.20. The Kier molecular flexibility index (Phi) is 3.51. The highest BCUT2D eigenvalue weighted by Crippen LogP contribution is 2.21. The zero-order valence-corrected chi connectivity index (χ0v) is 10.8. The molecule has 0 aliphatic carbocycles. The van der Waals surface area contributed by atoms with Crippen LogP contribution in [-0.2, 0) is 7.05 Å². The lowest BCUT2D eigenvalue weighted by atomic mass is 10.1. The molecule has 1 atom stereocenters. The summed E-state index contributed by atoms with van der Waals surface area (Å²) in [6.07, 6.45) is 2.74. The predicted octanol–water partition coefficient (Wildman–Crippen LogP) is 2.92. The number of aromatic nitrogens is 1. The minimum atomic E-state index is 0.00185. The molecule has 2 rings (SSSR count). The fourth-order valence-corrected chi connectivity index (χ4v) is 2.10. The first kappa shape index (κ1) is 12.4. The van der Waals surface area contributed by atoms with Crippen LogP contribution in [0.15, 0.2) is 47.8 Å². The summed E-state index contributed by atoms with van der Waals surface area (Å²) in [6, 6.07) is 9.83. The second kappa shape index (κ2) is 5.08. The predicted molar refractivity (Wildman–Crippen MR) is 77.1 cm³/mol. The van der Waals surface area contributed by atoms with Gasteiger partial charge < -0.3 is 9.88 Å². The molecular formula is C15H18N2O. The molecule has 0 aliphatic rings. The van der Waals surface area contributed by atoms with Gasteiger partial charge in [0.25, 0.3) is 5.56 Å². The van der Waals surface area contributed by atoms with Gasteiger partial charge in [-0.2, -0.15) is 0 Å². The van der Waals surface area contributed by atoms with Crippen molar-refractivity contribution < 1.29 is 0 Å². The van der Waals surface area contributed by atoms with Crippen LogP contribution in [0.2, 0.25) is 0 Å². The van der Waals surface area contributed by atoms with Crippen LogP contribution >= 0.6 is 0 Å². The van der Waals surface area contributed by atoms with Gasteiger partial charge in [0, 0.05) is 30.2 Å². The second-order valence-electron chi connectivity index (χ2n) is 4.54. The number of hydrogen-bond acceptors (Lipinski definition) is 2. The van der Waals surface area contributed by atoms with Crippen molar-refractivity contribution >= 4 is 16.6 Å². The van der Waals surface area contributed by atoms with Gasteiger partial charge in [0.05, 0.1) is 5.52 Å². The van der Waals surface area contributed by atoms with Crippen LogP contribution in [0.1, 0.15) is 13.3 Å². The molecule has 1 N–H and O–H groups in total. The van der Waals surface area contributed by atoms with E-state index >= 15 is 0 Å². The minimum absolute atomic E-state index is 0.00185. The maximum atomic E-state index is 11.9. The zero-order valence-electron chi connectivity index (χ0n) is 10.8. The van der Waals surface area contributed by atoms with E-state index in [1.165, 1.54) is 0 Å². The van der Waals surface area contributed by atoms with E-state index in [0.29, 0.717) is 0 Å². The largest absolute Gasteiger partial charge is 0.382 e. The minimum Gasteiger partial charge on any atom is -0.382 e. The van der Waals surface area contributed by atoms with Crippen LogP contribution < -0.4 is 10.9 Å². The Hall–Kier alpha value is -2.03. The van der Waals surface area contributed by atoms with Crippen LogP contribution in [0.25, 0.3) is 10.9 Å². The van der Waals surface area contributed by atoms with Gasteiger partial charge in [-0.05, 0) is 19.4 Å². The monoisotopic (exact) mass is 242 g/mol. The summed E-state index contributed by atoms with van der Waals surface area (Å²) in [5, 5.41) is 4.43. The second-order valence-corrected chi connectivity index (χ2v) is 4.54. The van der Waals surface area contributed by atoms with Gasteiger partial charge in [0.1, 0.15) is 0 Å². The van der Waals surface area contributed by atoms with Crippen molar-refractivity contribution in [3.8, 4) is 0 Å². The maximum absolute atomic E-state index is 11.9. The van der Waals surface area contributed by atoms with E-state index in [-0.39, 0.29) is 11.6 Å². The smallest absolute Gasteiger partial charge is 0.252 e. The highest BCUT2D eigenvalue weighted by Gasteiger charge is 2.07. The lowest BCUT2D eigenvalue weighted by molar-refractivity contribution is 0.813. The fourth-order valence-electron chi connectivity index (χ4n) is 2.10. The number of rotatable bonds is 4. The molecule has 3 heteroatoms. The number of benzene rings is 1. The van der Waals surface area contributed by atoms with Crippen molar-refractivity contribution in [2.24, 2.45) is 7.05 Å². The molecule has 0 bridgehead atoms. The third kappa shape index (κ3) is 2.30. The van der Waals surface area contributed by atoms with E-state index in [4.69, 9.17) is 0 Å². The molecule has 3 nitrogen and oxygen atoms in total. The van der Waals surface area contributed by atoms with Crippen molar-refractivity contribution in [2.45, 2.75) is 19.4 Å². The summed E-state index contributed by atoms with van der Waals surface area (Å²) < 4.78 is 1.67. The summed E-state index contributed by atoms with van der Waals surface area (Å²) in [5.41, 5.74) is 1.84. The quantitative estimate of drug-likeness (QED) is 0.836. The van der Waals surface area contributed by atoms with E-state index in [9.17, 15) is 4.79 Å². The molecule has 1 aromatic carbocycles. The molecule has 1 unspecified atom stereocenters. The Morgan fingerprint density at radius 1 is 1.44 bits per heavy atom. The van der Waals surface area contributed by atoms with Gasteiger partial charge in [-0.25, -0.2) is 0 Å². The molecule has 1 aromatic heterocycles. The number of pyridine rings is 1. The number of hydrogen-bond donors (Lipinski definition) is 1. The molecule has 0 saturated heterocycles. The summed E-state index contributed by atoms with van der Waals surface area (Å²) in [4.78, 5) is 11.9. The molecule has 0 fully saturated rings. The molecule has 94 valence electrons. The Balaban J connectivity index is 2.54. The summed E-state index contributed by atoms with van der Waals surface area (Å²) in [5.74, 6) is 0. The average molecular weight is 242 g/mol. The molecule has 0 saturated carbocycles. The molecular weight excluding hydrogens is 224 g/mol. The van der Waals surface area contributed by atoms with Gasteiger partial charge in [0.2, 0.25) is 0 Å². The van der Waals surface area contributed by atoms with Crippen molar-refractivity contribution in [2.75, 3.05) is 5.32 Å². The van der Waals surface area contributed by atoms with Crippen molar-refractivity contribution in [1.29, 1.82) is 0 Å². The van der Waals surface area contributed by atoms with E-state index in [0.717, 1.165) is 23.0 Å². The number of anilines is 1. The third-order valence-electron chi connectivity index (χ3n) is 3.08. The first-order valence-corrected chi connectivity index (χ1v) is 6.09. The zero-order chi connectivity index (χ0) is 13.1. The van der Waals surface area contributed by atoms with Gasteiger partial charge in [-0.3, -0.25) is 4.79 Å². The van der Waals surface area contributed by atoms with Gasteiger partial charge >= 0.3 is 0 Å². The highest BCUT2D eigenvalue weighted by molar-refractivity contribution is 5.91. The lowest BCUT2D eigenvalue weighted by Gasteiger charge is -2.16. The Bertz CT molecular complexity index is 628. The van der Waals surface area contributed by atoms with Crippen molar-refractivity contribution in [1.82, 2.24) is 4.57 Å². The Morgan fingerprint density at radius 2 is 2.17 bits per heavy atom. The van der Waals surface area contributed by atoms with Crippen molar-refractivity contribution in [3.05, 3.63) is 53.3 Å². The fraction of sp³-hybridized carbons (Fsp3) is 0.267. The molecule has 0 spiro atoms.